The fourth-order valence-electron chi connectivity index (χ4n) is 2.65. The number of nitrogens with zero attached hydrogens (tertiary/aromatic N) is 1. The van der Waals surface area contributed by atoms with Gasteiger partial charge in [0.2, 0.25) is 0 Å². The number of rotatable bonds is 6. The Labute approximate surface area is 163 Å². The first-order chi connectivity index (χ1) is 13.3. The van der Waals surface area contributed by atoms with Crippen molar-refractivity contribution in [3.63, 3.8) is 0 Å². The number of halogens is 2. The maximum Gasteiger partial charge on any atom is 0.305 e. The lowest BCUT2D eigenvalue weighted by Crippen LogP contribution is -2.30. The van der Waals surface area contributed by atoms with Gasteiger partial charge in [-0.25, -0.2) is 9.07 Å². The van der Waals surface area contributed by atoms with Crippen LogP contribution in [0.25, 0.3) is 5.69 Å². The summed E-state index contributed by atoms with van der Waals surface area (Å²) >= 11 is 5.83. The van der Waals surface area contributed by atoms with E-state index in [9.17, 15) is 18.8 Å². The van der Waals surface area contributed by atoms with Crippen molar-refractivity contribution < 1.29 is 19.1 Å². The number of carbonyl (C=O) groups is 2. The van der Waals surface area contributed by atoms with Crippen LogP contribution in [0.3, 0.4) is 0 Å². The number of aromatic nitrogens is 2. The minimum absolute atomic E-state index is 0.0440. The number of aromatic amines is 1. The molecule has 3 N–H and O–H groups in total. The van der Waals surface area contributed by atoms with E-state index in [1.807, 2.05) is 0 Å². The van der Waals surface area contributed by atoms with E-state index in [2.05, 4.69) is 10.4 Å². The summed E-state index contributed by atoms with van der Waals surface area (Å²) in [5.41, 5.74) is 0.396. The summed E-state index contributed by atoms with van der Waals surface area (Å²) in [6.07, 6.45) is -0.403. The number of benzene rings is 2. The largest absolute Gasteiger partial charge is 0.481 e. The van der Waals surface area contributed by atoms with Crippen molar-refractivity contribution in [2.24, 2.45) is 0 Å². The normalized spacial score (nSPS) is 11.8. The summed E-state index contributed by atoms with van der Waals surface area (Å²) in [6, 6.07) is 11.8. The summed E-state index contributed by atoms with van der Waals surface area (Å²) in [4.78, 5) is 35.9. The van der Waals surface area contributed by atoms with Crippen LogP contribution in [0.4, 0.5) is 4.39 Å². The van der Waals surface area contributed by atoms with E-state index in [1.54, 1.807) is 24.3 Å². The number of nitrogens with one attached hydrogen (secondary N) is 2. The fraction of sp³-hybridized carbons (Fsp3) is 0.105. The molecule has 3 rings (SSSR count). The molecule has 2 aromatic carbocycles. The standard InChI is InChI=1S/C19H15ClFN3O4/c20-12-3-7-14(8-4-12)24-17(25)9-16(23-24)19(28)22-15(10-18(26)27)11-1-5-13(21)6-2-11/h1-9,15,23H,10H2,(H,22,28)(H,26,27). The molecule has 3 aromatic rings. The molecule has 0 radical (unpaired) electrons. The highest BCUT2D eigenvalue weighted by molar-refractivity contribution is 6.30. The number of carboxylic acids is 1. The Morgan fingerprint density at radius 2 is 1.79 bits per heavy atom. The summed E-state index contributed by atoms with van der Waals surface area (Å²) in [5, 5.41) is 14.8. The number of hydrogen-bond acceptors (Lipinski definition) is 3. The predicted molar refractivity (Wildman–Crippen MR) is 100 cm³/mol. The molecule has 0 bridgehead atoms. The molecule has 144 valence electrons. The third-order valence-electron chi connectivity index (χ3n) is 4.01. The van der Waals surface area contributed by atoms with Gasteiger partial charge in [0.1, 0.15) is 11.5 Å². The molecule has 1 unspecified atom stereocenters. The summed E-state index contributed by atoms with van der Waals surface area (Å²) < 4.78 is 14.3. The molecule has 1 aromatic heterocycles. The zero-order chi connectivity index (χ0) is 20.3. The average Bonchev–Trinajstić information content (AvgIpc) is 3.04. The van der Waals surface area contributed by atoms with Gasteiger partial charge in [-0.05, 0) is 42.0 Å². The molecular formula is C19H15ClFN3O4. The maximum atomic E-state index is 13.1. The highest BCUT2D eigenvalue weighted by atomic mass is 35.5. The SMILES string of the molecule is O=C(O)CC(NC(=O)c1cc(=O)n(-c2ccc(Cl)cc2)[nH]1)c1ccc(F)cc1. The van der Waals surface area contributed by atoms with Crippen LogP contribution < -0.4 is 10.9 Å². The molecule has 1 atom stereocenters. The molecule has 28 heavy (non-hydrogen) atoms. The third-order valence-corrected chi connectivity index (χ3v) is 4.26. The fourth-order valence-corrected chi connectivity index (χ4v) is 2.78. The smallest absolute Gasteiger partial charge is 0.305 e. The van der Waals surface area contributed by atoms with E-state index in [0.29, 0.717) is 16.3 Å². The molecule has 1 amide bonds. The molecule has 1 heterocycles. The average molecular weight is 404 g/mol. The lowest BCUT2D eigenvalue weighted by molar-refractivity contribution is -0.137. The van der Waals surface area contributed by atoms with Gasteiger partial charge in [-0.15, -0.1) is 0 Å². The van der Waals surface area contributed by atoms with Crippen LogP contribution in [-0.4, -0.2) is 26.8 Å². The molecule has 9 heteroatoms. The summed E-state index contributed by atoms with van der Waals surface area (Å²) in [6.45, 7) is 0. The Morgan fingerprint density at radius 3 is 2.39 bits per heavy atom. The summed E-state index contributed by atoms with van der Waals surface area (Å²) in [5.74, 6) is -2.28. The summed E-state index contributed by atoms with van der Waals surface area (Å²) in [7, 11) is 0. The van der Waals surface area contributed by atoms with Crippen LogP contribution in [0.5, 0.6) is 0 Å². The van der Waals surface area contributed by atoms with Crippen LogP contribution in [0, 0.1) is 5.82 Å². The van der Waals surface area contributed by atoms with E-state index >= 15 is 0 Å². The predicted octanol–water partition coefficient (Wildman–Crippen LogP) is 2.90. The second kappa shape index (κ2) is 8.10. The Balaban J connectivity index is 1.85. The topological polar surface area (TPSA) is 104 Å². The molecule has 0 spiro atoms. The van der Waals surface area contributed by atoms with Crippen LogP contribution in [-0.2, 0) is 4.79 Å². The van der Waals surface area contributed by atoms with Crippen molar-refractivity contribution >= 4 is 23.5 Å². The minimum atomic E-state index is -1.14. The van der Waals surface area contributed by atoms with E-state index in [0.717, 1.165) is 10.7 Å². The molecule has 7 nitrogen and oxygen atoms in total. The molecule has 0 saturated carbocycles. The van der Waals surface area contributed by atoms with Gasteiger partial charge in [-0.2, -0.15) is 0 Å². The molecule has 0 fully saturated rings. The van der Waals surface area contributed by atoms with E-state index in [1.165, 1.54) is 24.3 Å². The molecule has 0 aliphatic rings. The first kappa shape index (κ1) is 19.4. The van der Waals surface area contributed by atoms with Gasteiger partial charge >= 0.3 is 5.97 Å². The van der Waals surface area contributed by atoms with Crippen LogP contribution in [0.2, 0.25) is 5.02 Å². The third kappa shape index (κ3) is 4.47. The maximum absolute atomic E-state index is 13.1. The van der Waals surface area contributed by atoms with E-state index in [4.69, 9.17) is 16.7 Å². The van der Waals surface area contributed by atoms with Gasteiger partial charge in [0.15, 0.2) is 0 Å². The van der Waals surface area contributed by atoms with Crippen molar-refractivity contribution in [3.8, 4) is 5.69 Å². The highest BCUT2D eigenvalue weighted by Crippen LogP contribution is 2.18. The van der Waals surface area contributed by atoms with E-state index < -0.39 is 35.7 Å². The van der Waals surface area contributed by atoms with Gasteiger partial charge in [-0.1, -0.05) is 23.7 Å². The van der Waals surface area contributed by atoms with Crippen LogP contribution >= 0.6 is 11.6 Å². The van der Waals surface area contributed by atoms with Crippen molar-refractivity contribution in [3.05, 3.63) is 87.0 Å². The zero-order valence-electron chi connectivity index (χ0n) is 14.4. The number of carbonyl (C=O) groups excluding carboxylic acids is 1. The first-order valence-corrected chi connectivity index (χ1v) is 8.57. The zero-order valence-corrected chi connectivity index (χ0v) is 15.1. The lowest BCUT2D eigenvalue weighted by Gasteiger charge is -2.17. The van der Waals surface area contributed by atoms with Crippen LogP contribution in [0.1, 0.15) is 28.5 Å². The lowest BCUT2D eigenvalue weighted by atomic mass is 10.0. The Morgan fingerprint density at radius 1 is 1.14 bits per heavy atom. The molecule has 0 aliphatic heterocycles. The molecule has 0 saturated heterocycles. The second-order valence-electron chi connectivity index (χ2n) is 6.00. The van der Waals surface area contributed by atoms with E-state index in [-0.39, 0.29) is 5.69 Å². The second-order valence-corrected chi connectivity index (χ2v) is 6.43. The van der Waals surface area contributed by atoms with Crippen molar-refractivity contribution in [1.82, 2.24) is 15.1 Å². The van der Waals surface area contributed by atoms with Crippen molar-refractivity contribution in [1.29, 1.82) is 0 Å². The Kier molecular flexibility index (Phi) is 5.60. The Bertz CT molecular complexity index is 1060. The van der Waals surface area contributed by atoms with Crippen molar-refractivity contribution in [2.45, 2.75) is 12.5 Å². The van der Waals surface area contributed by atoms with Gasteiger partial charge in [0.05, 0.1) is 18.2 Å². The molecular weight excluding hydrogens is 389 g/mol. The Hall–Kier alpha value is -3.39. The van der Waals surface area contributed by atoms with Gasteiger partial charge < -0.3 is 10.4 Å². The van der Waals surface area contributed by atoms with Crippen molar-refractivity contribution in [2.75, 3.05) is 0 Å². The quantitative estimate of drug-likeness (QED) is 0.588. The first-order valence-electron chi connectivity index (χ1n) is 8.19. The number of carboxylic acid groups (broad SMARTS) is 1. The van der Waals surface area contributed by atoms with Crippen LogP contribution in [0.15, 0.2) is 59.4 Å². The monoisotopic (exact) mass is 403 g/mol. The van der Waals surface area contributed by atoms with Gasteiger partial charge in [-0.3, -0.25) is 19.5 Å². The number of aliphatic carboxylic acids is 1. The van der Waals surface area contributed by atoms with Gasteiger partial charge in [0.25, 0.3) is 11.5 Å². The number of H-pyrrole nitrogens is 1. The highest BCUT2D eigenvalue weighted by Gasteiger charge is 2.21. The molecule has 0 aliphatic carbocycles. The number of hydrogen-bond donors (Lipinski definition) is 3. The number of amides is 1. The van der Waals surface area contributed by atoms with Gasteiger partial charge in [0, 0.05) is 11.1 Å². The minimum Gasteiger partial charge on any atom is -0.481 e.